The molecule has 0 fully saturated rings. The minimum atomic E-state index is -0.271. The van der Waals surface area contributed by atoms with Gasteiger partial charge in [-0.05, 0) is 46.9 Å². The quantitative estimate of drug-likeness (QED) is 0.673. The zero-order valence-electron chi connectivity index (χ0n) is 11.0. The van der Waals surface area contributed by atoms with E-state index in [1.54, 1.807) is 0 Å². The first kappa shape index (κ1) is 13.8. The third-order valence-electron chi connectivity index (χ3n) is 2.91. The predicted molar refractivity (Wildman–Crippen MR) is 88.0 cm³/mol. The summed E-state index contributed by atoms with van der Waals surface area (Å²) in [5.41, 5.74) is 1.54. The third-order valence-corrected chi connectivity index (χ3v) is 3.85. The minimum absolute atomic E-state index is 0.271. The molecule has 0 saturated heterocycles. The van der Waals surface area contributed by atoms with Gasteiger partial charge in [-0.15, -0.1) is 10.2 Å². The van der Waals surface area contributed by atoms with Crippen molar-refractivity contribution in [2.45, 2.75) is 6.54 Å². The van der Waals surface area contributed by atoms with E-state index in [0.717, 1.165) is 14.9 Å². The molecule has 0 unspecified atom stereocenters. The van der Waals surface area contributed by atoms with E-state index in [-0.39, 0.29) is 6.03 Å². The molecular weight excluding hydrogens is 381 g/mol. The maximum atomic E-state index is 11.9. The number of halogens is 1. The Morgan fingerprint density at radius 2 is 1.95 bits per heavy atom. The topological polar surface area (TPSA) is 71.3 Å². The Hall–Kier alpha value is -2.16. The lowest BCUT2D eigenvalue weighted by Crippen LogP contribution is -2.29. The van der Waals surface area contributed by atoms with E-state index in [1.165, 1.54) is 0 Å². The molecule has 2 amide bonds. The molecule has 2 N–H and O–H groups in total. The molecule has 0 spiro atoms. The van der Waals surface area contributed by atoms with Crippen molar-refractivity contribution < 1.29 is 4.79 Å². The van der Waals surface area contributed by atoms with Gasteiger partial charge in [0.05, 0.1) is 12.2 Å². The average molecular weight is 393 g/mol. The van der Waals surface area contributed by atoms with Crippen LogP contribution in [0.2, 0.25) is 0 Å². The van der Waals surface area contributed by atoms with Gasteiger partial charge in [0.25, 0.3) is 0 Å². The molecule has 1 aromatic carbocycles. The molecule has 0 saturated carbocycles. The standard InChI is InChI=1S/C14H12IN5O/c15-10-5-1-2-6-11(10)17-14(21)16-9-13-19-18-12-7-3-4-8-20(12)13/h1-8H,9H2,(H2,16,17,21). The highest BCUT2D eigenvalue weighted by Crippen LogP contribution is 2.16. The summed E-state index contributed by atoms with van der Waals surface area (Å²) in [6.07, 6.45) is 1.87. The monoisotopic (exact) mass is 393 g/mol. The van der Waals surface area contributed by atoms with Gasteiger partial charge >= 0.3 is 6.03 Å². The molecule has 0 aliphatic heterocycles. The van der Waals surface area contributed by atoms with Crippen LogP contribution < -0.4 is 10.6 Å². The number of anilines is 1. The van der Waals surface area contributed by atoms with Gasteiger partial charge in [-0.2, -0.15) is 0 Å². The second-order valence-corrected chi connectivity index (χ2v) is 5.49. The number of nitrogens with one attached hydrogen (secondary N) is 2. The number of para-hydroxylation sites is 1. The Morgan fingerprint density at radius 3 is 2.81 bits per heavy atom. The van der Waals surface area contributed by atoms with E-state index in [1.807, 2.05) is 53.1 Å². The van der Waals surface area contributed by atoms with Crippen LogP contribution >= 0.6 is 22.6 Å². The molecule has 2 heterocycles. The number of pyridine rings is 1. The van der Waals surface area contributed by atoms with E-state index in [4.69, 9.17) is 0 Å². The summed E-state index contributed by atoms with van der Waals surface area (Å²) in [5.74, 6) is 0.684. The molecule has 2 aromatic heterocycles. The number of rotatable bonds is 3. The van der Waals surface area contributed by atoms with Gasteiger partial charge in [0.1, 0.15) is 0 Å². The number of benzene rings is 1. The van der Waals surface area contributed by atoms with Crippen LogP contribution in [0.4, 0.5) is 10.5 Å². The number of urea groups is 1. The number of hydrogen-bond acceptors (Lipinski definition) is 3. The fourth-order valence-corrected chi connectivity index (χ4v) is 2.42. The molecule has 7 heteroatoms. The number of nitrogens with zero attached hydrogens (tertiary/aromatic N) is 3. The number of carbonyl (C=O) groups excluding carboxylic acids is 1. The van der Waals surface area contributed by atoms with Crippen molar-refractivity contribution in [1.82, 2.24) is 19.9 Å². The highest BCUT2D eigenvalue weighted by molar-refractivity contribution is 14.1. The number of aromatic nitrogens is 3. The zero-order chi connectivity index (χ0) is 14.7. The first-order valence-corrected chi connectivity index (χ1v) is 7.40. The van der Waals surface area contributed by atoms with E-state index in [9.17, 15) is 4.79 Å². The summed E-state index contributed by atoms with van der Waals surface area (Å²) in [7, 11) is 0. The Bertz CT molecular complexity index is 786. The van der Waals surface area contributed by atoms with Crippen molar-refractivity contribution in [1.29, 1.82) is 0 Å². The van der Waals surface area contributed by atoms with Crippen LogP contribution in [-0.4, -0.2) is 20.6 Å². The van der Waals surface area contributed by atoms with E-state index >= 15 is 0 Å². The van der Waals surface area contributed by atoms with Crippen molar-refractivity contribution in [2.75, 3.05) is 5.32 Å². The van der Waals surface area contributed by atoms with Crippen LogP contribution in [-0.2, 0) is 6.54 Å². The van der Waals surface area contributed by atoms with E-state index in [0.29, 0.717) is 12.4 Å². The summed E-state index contributed by atoms with van der Waals surface area (Å²) in [4.78, 5) is 11.9. The lowest BCUT2D eigenvalue weighted by Gasteiger charge is -2.08. The normalized spacial score (nSPS) is 10.5. The highest BCUT2D eigenvalue weighted by Gasteiger charge is 2.08. The smallest absolute Gasteiger partial charge is 0.319 e. The van der Waals surface area contributed by atoms with Gasteiger partial charge in [0.2, 0.25) is 0 Å². The largest absolute Gasteiger partial charge is 0.331 e. The molecule has 106 valence electrons. The SMILES string of the molecule is O=C(NCc1nnc2ccccn12)Nc1ccccc1I. The molecule has 0 aliphatic rings. The molecule has 0 radical (unpaired) electrons. The fourth-order valence-electron chi connectivity index (χ4n) is 1.90. The van der Waals surface area contributed by atoms with Crippen molar-refractivity contribution in [3.05, 3.63) is 58.1 Å². The second kappa shape index (κ2) is 6.08. The van der Waals surface area contributed by atoms with Crippen LogP contribution in [0.1, 0.15) is 5.82 Å². The molecular formula is C14H12IN5O. The number of amides is 2. The van der Waals surface area contributed by atoms with Crippen LogP contribution in [0.5, 0.6) is 0 Å². The molecule has 0 aliphatic carbocycles. The van der Waals surface area contributed by atoms with Crippen LogP contribution in [0.25, 0.3) is 5.65 Å². The van der Waals surface area contributed by atoms with Crippen molar-refractivity contribution in [3.8, 4) is 0 Å². The van der Waals surface area contributed by atoms with Gasteiger partial charge < -0.3 is 10.6 Å². The summed E-state index contributed by atoms with van der Waals surface area (Å²) in [6, 6.07) is 13.0. The van der Waals surface area contributed by atoms with Gasteiger partial charge in [0.15, 0.2) is 11.5 Å². The predicted octanol–water partition coefficient (Wildman–Crippen LogP) is 2.66. The van der Waals surface area contributed by atoms with Gasteiger partial charge in [-0.25, -0.2) is 4.79 Å². The Labute approximate surface area is 134 Å². The van der Waals surface area contributed by atoms with Crippen molar-refractivity contribution in [2.24, 2.45) is 0 Å². The average Bonchev–Trinajstić information content (AvgIpc) is 2.91. The second-order valence-electron chi connectivity index (χ2n) is 4.33. The molecule has 0 atom stereocenters. The van der Waals surface area contributed by atoms with Gasteiger partial charge in [-0.1, -0.05) is 18.2 Å². The molecule has 3 rings (SSSR count). The molecule has 21 heavy (non-hydrogen) atoms. The summed E-state index contributed by atoms with van der Waals surface area (Å²) >= 11 is 2.18. The summed E-state index contributed by atoms with van der Waals surface area (Å²) in [6.45, 7) is 0.306. The van der Waals surface area contributed by atoms with Crippen LogP contribution in [0.15, 0.2) is 48.7 Å². The highest BCUT2D eigenvalue weighted by atomic mass is 127. The Kier molecular flexibility index (Phi) is 4.00. The maximum absolute atomic E-state index is 11.9. The number of hydrogen-bond donors (Lipinski definition) is 2. The number of carbonyl (C=O) groups is 1. The van der Waals surface area contributed by atoms with Crippen LogP contribution in [0.3, 0.4) is 0 Å². The third kappa shape index (κ3) is 3.13. The molecule has 6 nitrogen and oxygen atoms in total. The molecule has 0 bridgehead atoms. The van der Waals surface area contributed by atoms with E-state index in [2.05, 4.69) is 43.4 Å². The van der Waals surface area contributed by atoms with Crippen molar-refractivity contribution >= 4 is 40.0 Å². The first-order chi connectivity index (χ1) is 10.2. The van der Waals surface area contributed by atoms with Gasteiger partial charge in [-0.3, -0.25) is 4.40 Å². The Balaban J connectivity index is 1.65. The molecule has 3 aromatic rings. The van der Waals surface area contributed by atoms with Crippen molar-refractivity contribution in [3.63, 3.8) is 0 Å². The van der Waals surface area contributed by atoms with Crippen LogP contribution in [0, 0.1) is 3.57 Å². The van der Waals surface area contributed by atoms with Gasteiger partial charge in [0, 0.05) is 9.77 Å². The fraction of sp³-hybridized carbons (Fsp3) is 0.0714. The summed E-state index contributed by atoms with van der Waals surface area (Å²) in [5, 5.41) is 13.7. The lowest BCUT2D eigenvalue weighted by atomic mass is 10.3. The number of fused-ring (bicyclic) bond motifs is 1. The first-order valence-electron chi connectivity index (χ1n) is 6.32. The zero-order valence-corrected chi connectivity index (χ0v) is 13.1. The minimum Gasteiger partial charge on any atom is -0.331 e. The Morgan fingerprint density at radius 1 is 1.14 bits per heavy atom. The lowest BCUT2D eigenvalue weighted by molar-refractivity contribution is 0.251. The summed E-state index contributed by atoms with van der Waals surface area (Å²) < 4.78 is 2.82. The maximum Gasteiger partial charge on any atom is 0.319 e. The van der Waals surface area contributed by atoms with E-state index < -0.39 is 0 Å².